The molecule has 3 heterocycles. The lowest BCUT2D eigenvalue weighted by molar-refractivity contribution is -0.122. The summed E-state index contributed by atoms with van der Waals surface area (Å²) in [4.78, 5) is 59.4. The number of carbonyl (C=O) groups excluding carboxylic acids is 4. The third-order valence-electron chi connectivity index (χ3n) is 8.81. The van der Waals surface area contributed by atoms with Gasteiger partial charge in [-0.15, -0.1) is 0 Å². The van der Waals surface area contributed by atoms with Crippen molar-refractivity contribution in [3.05, 3.63) is 101 Å². The van der Waals surface area contributed by atoms with Crippen molar-refractivity contribution in [3.63, 3.8) is 0 Å². The standard InChI is InChI=1S/C30H24N2O4/c1-17-12-14-18(15-13-17)24(33)25-29(21-9-4-5-10-22(21)31-28(29)36)23-11-6-16-32(23)30(25)26(34)19-7-2-3-8-20(19)27(30)35/h2-5,7-10,12-15,23,25H,6,11,16H2,1H3,(H,31,36)/t23-,25-,29-/m1/s1. The number of fused-ring (bicyclic) bond motifs is 6. The van der Waals surface area contributed by atoms with Crippen LogP contribution in [0.3, 0.4) is 0 Å². The lowest BCUT2D eigenvalue weighted by Gasteiger charge is -2.37. The van der Waals surface area contributed by atoms with Crippen molar-refractivity contribution in [2.45, 2.75) is 36.8 Å². The third-order valence-corrected chi connectivity index (χ3v) is 8.81. The van der Waals surface area contributed by atoms with Gasteiger partial charge in [-0.3, -0.25) is 24.1 Å². The van der Waals surface area contributed by atoms with E-state index in [1.54, 1.807) is 36.4 Å². The number of hydrogen-bond donors (Lipinski definition) is 1. The van der Waals surface area contributed by atoms with Crippen LogP contribution in [0.15, 0.2) is 72.8 Å². The zero-order valence-corrected chi connectivity index (χ0v) is 19.8. The van der Waals surface area contributed by atoms with Gasteiger partial charge >= 0.3 is 0 Å². The van der Waals surface area contributed by atoms with Crippen molar-refractivity contribution in [1.82, 2.24) is 4.90 Å². The van der Waals surface area contributed by atoms with E-state index in [9.17, 15) is 19.2 Å². The fraction of sp³-hybridized carbons (Fsp3) is 0.267. The number of carbonyl (C=O) groups is 4. The van der Waals surface area contributed by atoms with Gasteiger partial charge in [0.2, 0.25) is 5.91 Å². The van der Waals surface area contributed by atoms with Gasteiger partial charge in [-0.1, -0.05) is 72.3 Å². The number of aryl methyl sites for hydroxylation is 1. The molecule has 6 nitrogen and oxygen atoms in total. The molecule has 0 unspecified atom stereocenters. The Morgan fingerprint density at radius 1 is 0.889 bits per heavy atom. The minimum atomic E-state index is -1.75. The summed E-state index contributed by atoms with van der Waals surface area (Å²) < 4.78 is 0. The Morgan fingerprint density at radius 2 is 1.53 bits per heavy atom. The first kappa shape index (κ1) is 21.4. The summed E-state index contributed by atoms with van der Waals surface area (Å²) in [5.74, 6) is -2.57. The van der Waals surface area contributed by atoms with E-state index in [2.05, 4.69) is 5.32 Å². The topological polar surface area (TPSA) is 83.6 Å². The van der Waals surface area contributed by atoms with Gasteiger partial charge in [0.25, 0.3) is 0 Å². The Hall–Kier alpha value is -3.90. The SMILES string of the molecule is Cc1ccc(C(=O)[C@H]2C3(C(=O)c4ccccc4C3=O)N3CCC[C@@H]3[C@@]23C(=O)Nc2ccccc23)cc1. The monoisotopic (exact) mass is 476 g/mol. The molecule has 3 aliphatic heterocycles. The first-order chi connectivity index (χ1) is 17.4. The van der Waals surface area contributed by atoms with Crippen LogP contribution in [0.4, 0.5) is 5.69 Å². The summed E-state index contributed by atoms with van der Waals surface area (Å²) in [7, 11) is 0. The maximum atomic E-state index is 14.6. The molecule has 0 radical (unpaired) electrons. The van der Waals surface area contributed by atoms with Crippen molar-refractivity contribution in [3.8, 4) is 0 Å². The number of ketones is 3. The number of amides is 1. The Labute approximate surface area is 208 Å². The second kappa shape index (κ2) is 7.08. The van der Waals surface area contributed by atoms with Gasteiger partial charge in [0.05, 0.1) is 5.92 Å². The van der Waals surface area contributed by atoms with E-state index in [1.165, 1.54) is 0 Å². The fourth-order valence-corrected chi connectivity index (χ4v) is 7.47. The van der Waals surface area contributed by atoms with Crippen LogP contribution in [0.2, 0.25) is 0 Å². The molecule has 0 saturated carbocycles. The Kier molecular flexibility index (Phi) is 4.20. The van der Waals surface area contributed by atoms with Crippen LogP contribution in [0, 0.1) is 12.8 Å². The first-order valence-electron chi connectivity index (χ1n) is 12.4. The first-order valence-corrected chi connectivity index (χ1v) is 12.4. The summed E-state index contributed by atoms with van der Waals surface area (Å²) in [6.07, 6.45) is 1.37. The van der Waals surface area contributed by atoms with Crippen LogP contribution in [0.1, 0.15) is 55.0 Å². The maximum Gasteiger partial charge on any atom is 0.237 e. The number of nitrogens with one attached hydrogen (secondary N) is 1. The van der Waals surface area contributed by atoms with E-state index in [1.807, 2.05) is 48.2 Å². The van der Waals surface area contributed by atoms with E-state index < -0.39 is 22.9 Å². The summed E-state index contributed by atoms with van der Waals surface area (Å²) in [5, 5.41) is 3.01. The van der Waals surface area contributed by atoms with Gasteiger partial charge in [-0.2, -0.15) is 0 Å². The molecule has 2 fully saturated rings. The van der Waals surface area contributed by atoms with Gasteiger partial charge in [0.15, 0.2) is 22.9 Å². The molecule has 4 aliphatic rings. The van der Waals surface area contributed by atoms with E-state index in [-0.39, 0.29) is 23.3 Å². The highest BCUT2D eigenvalue weighted by Crippen LogP contribution is 2.63. The van der Waals surface area contributed by atoms with Crippen LogP contribution >= 0.6 is 0 Å². The molecule has 3 aromatic carbocycles. The lowest BCUT2D eigenvalue weighted by atomic mass is 9.60. The number of rotatable bonds is 2. The second-order valence-corrected chi connectivity index (χ2v) is 10.4. The average molecular weight is 477 g/mol. The summed E-state index contributed by atoms with van der Waals surface area (Å²) in [6, 6.07) is 20.9. The number of Topliss-reactive ketones (excluding diaryl/α,β-unsaturated/α-hetero) is 3. The van der Waals surface area contributed by atoms with Gasteiger partial charge in [-0.25, -0.2) is 0 Å². The normalized spacial score (nSPS) is 27.4. The zero-order valence-electron chi connectivity index (χ0n) is 19.8. The van der Waals surface area contributed by atoms with Crippen molar-refractivity contribution < 1.29 is 19.2 Å². The molecular weight excluding hydrogens is 452 g/mol. The van der Waals surface area contributed by atoms with Crippen LogP contribution < -0.4 is 5.32 Å². The molecule has 3 atom stereocenters. The minimum absolute atomic E-state index is 0.306. The molecule has 36 heavy (non-hydrogen) atoms. The van der Waals surface area contributed by atoms with Crippen LogP contribution in [0.5, 0.6) is 0 Å². The number of nitrogens with zero attached hydrogens (tertiary/aromatic N) is 1. The predicted octanol–water partition coefficient (Wildman–Crippen LogP) is 3.98. The molecule has 1 N–H and O–H groups in total. The highest BCUT2D eigenvalue weighted by atomic mass is 16.2. The molecule has 0 bridgehead atoms. The number of anilines is 1. The third kappa shape index (κ3) is 2.26. The van der Waals surface area contributed by atoms with Crippen molar-refractivity contribution in [1.29, 1.82) is 0 Å². The van der Waals surface area contributed by atoms with Crippen molar-refractivity contribution in [2.24, 2.45) is 5.92 Å². The minimum Gasteiger partial charge on any atom is -0.325 e. The quantitative estimate of drug-likeness (QED) is 0.447. The molecule has 0 aromatic heterocycles. The highest BCUT2D eigenvalue weighted by Gasteiger charge is 2.80. The maximum absolute atomic E-state index is 14.6. The molecule has 2 saturated heterocycles. The molecule has 6 heteroatoms. The largest absolute Gasteiger partial charge is 0.325 e. The van der Waals surface area contributed by atoms with E-state index in [0.29, 0.717) is 40.9 Å². The highest BCUT2D eigenvalue weighted by molar-refractivity contribution is 6.36. The predicted molar refractivity (Wildman–Crippen MR) is 133 cm³/mol. The van der Waals surface area contributed by atoms with E-state index in [0.717, 1.165) is 12.0 Å². The van der Waals surface area contributed by atoms with Crippen LogP contribution in [-0.4, -0.2) is 46.3 Å². The molecule has 1 amide bonds. The van der Waals surface area contributed by atoms with E-state index in [4.69, 9.17) is 0 Å². The molecule has 7 rings (SSSR count). The molecule has 1 aliphatic carbocycles. The molecular formula is C30H24N2O4. The second-order valence-electron chi connectivity index (χ2n) is 10.4. The van der Waals surface area contributed by atoms with Crippen molar-refractivity contribution >= 4 is 28.9 Å². The number of para-hydroxylation sites is 1. The summed E-state index contributed by atoms with van der Waals surface area (Å²) in [6.45, 7) is 2.41. The van der Waals surface area contributed by atoms with Crippen molar-refractivity contribution in [2.75, 3.05) is 11.9 Å². The smallest absolute Gasteiger partial charge is 0.237 e. The zero-order chi connectivity index (χ0) is 24.8. The van der Waals surface area contributed by atoms with Crippen LogP contribution in [-0.2, 0) is 10.2 Å². The number of hydrogen-bond acceptors (Lipinski definition) is 5. The Balaban J connectivity index is 1.57. The van der Waals surface area contributed by atoms with Gasteiger partial charge in [0, 0.05) is 28.4 Å². The summed E-state index contributed by atoms with van der Waals surface area (Å²) >= 11 is 0. The van der Waals surface area contributed by atoms with Gasteiger partial charge in [0.1, 0.15) is 5.41 Å². The van der Waals surface area contributed by atoms with Gasteiger partial charge < -0.3 is 5.32 Å². The van der Waals surface area contributed by atoms with E-state index >= 15 is 0 Å². The molecule has 2 spiro atoms. The average Bonchev–Trinajstić information content (AvgIpc) is 3.60. The van der Waals surface area contributed by atoms with Crippen LogP contribution in [0.25, 0.3) is 0 Å². The molecule has 178 valence electrons. The Bertz CT molecular complexity index is 1470. The summed E-state index contributed by atoms with van der Waals surface area (Å²) in [5.41, 5.74) is 0.308. The number of benzene rings is 3. The Morgan fingerprint density at radius 3 is 2.22 bits per heavy atom. The lowest BCUT2D eigenvalue weighted by Crippen LogP contribution is -2.60. The fourth-order valence-electron chi connectivity index (χ4n) is 7.47. The molecule has 3 aromatic rings. The van der Waals surface area contributed by atoms with Gasteiger partial charge in [-0.05, 0) is 37.9 Å².